The van der Waals surface area contributed by atoms with Crippen molar-refractivity contribution in [2.24, 2.45) is 5.92 Å². The highest BCUT2D eigenvalue weighted by Crippen LogP contribution is 2.43. The first-order valence-corrected chi connectivity index (χ1v) is 7.57. The third-order valence-electron chi connectivity index (χ3n) is 4.40. The summed E-state index contributed by atoms with van der Waals surface area (Å²) in [5.74, 6) is 1.44. The van der Waals surface area contributed by atoms with Gasteiger partial charge in [0.1, 0.15) is 11.9 Å². The standard InChI is InChI=1S/C17H26O3/c1-4-20-15-9-7-14(8-10-15)16(18)17(19-3)11-5-6-13(2)12-17/h7-10,13,16,18H,4-6,11-12H2,1-3H3. The zero-order valence-corrected chi connectivity index (χ0v) is 12.8. The van der Waals surface area contributed by atoms with Crippen LogP contribution in [-0.2, 0) is 4.74 Å². The zero-order chi connectivity index (χ0) is 14.6. The minimum Gasteiger partial charge on any atom is -0.494 e. The molecule has 0 amide bonds. The predicted octanol–water partition coefficient (Wildman–Crippen LogP) is 3.71. The minimum atomic E-state index is -0.578. The van der Waals surface area contributed by atoms with Gasteiger partial charge in [0.05, 0.1) is 12.2 Å². The molecule has 3 unspecified atom stereocenters. The SMILES string of the molecule is CCOc1ccc(C(O)C2(OC)CCCC(C)C2)cc1. The Morgan fingerprint density at radius 3 is 2.60 bits per heavy atom. The van der Waals surface area contributed by atoms with Crippen LogP contribution in [0, 0.1) is 5.92 Å². The van der Waals surface area contributed by atoms with Gasteiger partial charge in [-0.25, -0.2) is 0 Å². The molecule has 0 bridgehead atoms. The fourth-order valence-electron chi connectivity index (χ4n) is 3.31. The number of ether oxygens (including phenoxy) is 2. The molecule has 1 N–H and O–H groups in total. The van der Waals surface area contributed by atoms with Crippen molar-refractivity contribution in [3.63, 3.8) is 0 Å². The summed E-state index contributed by atoms with van der Waals surface area (Å²) < 4.78 is 11.2. The fraction of sp³-hybridized carbons (Fsp3) is 0.647. The Balaban J connectivity index is 2.17. The highest BCUT2D eigenvalue weighted by Gasteiger charge is 2.42. The van der Waals surface area contributed by atoms with Crippen LogP contribution in [0.25, 0.3) is 0 Å². The number of hydrogen-bond donors (Lipinski definition) is 1. The third kappa shape index (κ3) is 3.15. The van der Waals surface area contributed by atoms with Crippen LogP contribution in [0.1, 0.15) is 51.2 Å². The molecule has 3 heteroatoms. The molecule has 2 rings (SSSR count). The van der Waals surface area contributed by atoms with Gasteiger partial charge in [-0.1, -0.05) is 31.9 Å². The summed E-state index contributed by atoms with van der Waals surface area (Å²) >= 11 is 0. The Hall–Kier alpha value is -1.06. The van der Waals surface area contributed by atoms with Crippen LogP contribution in [0.15, 0.2) is 24.3 Å². The molecule has 0 spiro atoms. The highest BCUT2D eigenvalue weighted by molar-refractivity contribution is 5.30. The normalized spacial score (nSPS) is 28.1. The average Bonchev–Trinajstić information content (AvgIpc) is 2.47. The molecular weight excluding hydrogens is 252 g/mol. The molecule has 0 aliphatic heterocycles. The molecule has 0 saturated heterocycles. The van der Waals surface area contributed by atoms with Gasteiger partial charge < -0.3 is 14.6 Å². The van der Waals surface area contributed by atoms with Crippen molar-refractivity contribution < 1.29 is 14.6 Å². The van der Waals surface area contributed by atoms with E-state index in [0.717, 1.165) is 30.6 Å². The largest absolute Gasteiger partial charge is 0.494 e. The van der Waals surface area contributed by atoms with Crippen molar-refractivity contribution in [2.75, 3.05) is 13.7 Å². The number of benzene rings is 1. The van der Waals surface area contributed by atoms with Crippen LogP contribution < -0.4 is 4.74 Å². The summed E-state index contributed by atoms with van der Waals surface area (Å²) in [6, 6.07) is 7.71. The van der Waals surface area contributed by atoms with Gasteiger partial charge in [0, 0.05) is 7.11 Å². The highest BCUT2D eigenvalue weighted by atomic mass is 16.5. The summed E-state index contributed by atoms with van der Waals surface area (Å²) in [6.45, 7) is 4.85. The molecule has 1 aromatic rings. The van der Waals surface area contributed by atoms with Crippen LogP contribution in [0.2, 0.25) is 0 Å². The van der Waals surface area contributed by atoms with Crippen molar-refractivity contribution in [1.82, 2.24) is 0 Å². The molecule has 1 aromatic carbocycles. The van der Waals surface area contributed by atoms with E-state index in [1.165, 1.54) is 6.42 Å². The molecule has 3 nitrogen and oxygen atoms in total. The van der Waals surface area contributed by atoms with Crippen LogP contribution in [0.4, 0.5) is 0 Å². The van der Waals surface area contributed by atoms with Crippen LogP contribution in [-0.4, -0.2) is 24.4 Å². The molecule has 0 radical (unpaired) electrons. The van der Waals surface area contributed by atoms with Gasteiger partial charge in [0.2, 0.25) is 0 Å². The van der Waals surface area contributed by atoms with Gasteiger partial charge in [0.15, 0.2) is 0 Å². The summed E-state index contributed by atoms with van der Waals surface area (Å²) in [5.41, 5.74) is 0.467. The van der Waals surface area contributed by atoms with Crippen LogP contribution in [0.3, 0.4) is 0 Å². The number of aliphatic hydroxyl groups is 1. The number of rotatable bonds is 5. The molecule has 0 heterocycles. The predicted molar refractivity (Wildman–Crippen MR) is 79.9 cm³/mol. The van der Waals surface area contributed by atoms with E-state index in [1.54, 1.807) is 7.11 Å². The van der Waals surface area contributed by atoms with Crippen molar-refractivity contribution in [3.05, 3.63) is 29.8 Å². The van der Waals surface area contributed by atoms with Crippen LogP contribution >= 0.6 is 0 Å². The average molecular weight is 278 g/mol. The monoisotopic (exact) mass is 278 g/mol. The maximum Gasteiger partial charge on any atom is 0.119 e. The Labute approximate surface area is 121 Å². The zero-order valence-electron chi connectivity index (χ0n) is 12.8. The second-order valence-corrected chi connectivity index (χ2v) is 5.88. The molecule has 112 valence electrons. The minimum absolute atomic E-state index is 0.440. The van der Waals surface area contributed by atoms with E-state index in [2.05, 4.69) is 6.92 Å². The topological polar surface area (TPSA) is 38.7 Å². The van der Waals surface area contributed by atoms with Gasteiger partial charge in [-0.2, -0.15) is 0 Å². The first kappa shape index (κ1) is 15.3. The molecule has 0 aromatic heterocycles. The smallest absolute Gasteiger partial charge is 0.119 e. The summed E-state index contributed by atoms with van der Waals surface area (Å²) in [5, 5.41) is 10.8. The van der Waals surface area contributed by atoms with E-state index >= 15 is 0 Å². The summed E-state index contributed by atoms with van der Waals surface area (Å²) in [4.78, 5) is 0. The lowest BCUT2D eigenvalue weighted by Gasteiger charge is -2.42. The van der Waals surface area contributed by atoms with Gasteiger partial charge in [-0.3, -0.25) is 0 Å². The molecule has 20 heavy (non-hydrogen) atoms. The van der Waals surface area contributed by atoms with Gasteiger partial charge in [-0.05, 0) is 43.4 Å². The molecule has 1 fully saturated rings. The molecule has 1 saturated carbocycles. The van der Waals surface area contributed by atoms with Crippen molar-refractivity contribution in [2.45, 2.75) is 51.2 Å². The number of hydrogen-bond acceptors (Lipinski definition) is 3. The van der Waals surface area contributed by atoms with E-state index in [1.807, 2.05) is 31.2 Å². The molecular formula is C17H26O3. The van der Waals surface area contributed by atoms with Gasteiger partial charge in [-0.15, -0.1) is 0 Å². The lowest BCUT2D eigenvalue weighted by molar-refractivity contribution is -0.134. The number of methoxy groups -OCH3 is 1. The molecule has 1 aliphatic carbocycles. The molecule has 1 aliphatic rings. The van der Waals surface area contributed by atoms with Crippen molar-refractivity contribution in [3.8, 4) is 5.75 Å². The van der Waals surface area contributed by atoms with E-state index in [0.29, 0.717) is 12.5 Å². The summed E-state index contributed by atoms with van der Waals surface area (Å²) in [7, 11) is 1.72. The van der Waals surface area contributed by atoms with E-state index in [-0.39, 0.29) is 0 Å². The lowest BCUT2D eigenvalue weighted by Crippen LogP contribution is -2.42. The fourth-order valence-corrected chi connectivity index (χ4v) is 3.31. The second kappa shape index (κ2) is 6.59. The Kier molecular flexibility index (Phi) is 5.06. The third-order valence-corrected chi connectivity index (χ3v) is 4.40. The van der Waals surface area contributed by atoms with Gasteiger partial charge in [0.25, 0.3) is 0 Å². The van der Waals surface area contributed by atoms with Crippen molar-refractivity contribution >= 4 is 0 Å². The van der Waals surface area contributed by atoms with E-state index in [4.69, 9.17) is 9.47 Å². The number of aliphatic hydroxyl groups excluding tert-OH is 1. The lowest BCUT2D eigenvalue weighted by atomic mass is 9.74. The maximum atomic E-state index is 10.8. The first-order chi connectivity index (χ1) is 9.61. The van der Waals surface area contributed by atoms with Crippen LogP contribution in [0.5, 0.6) is 5.75 Å². The first-order valence-electron chi connectivity index (χ1n) is 7.57. The van der Waals surface area contributed by atoms with E-state index in [9.17, 15) is 5.11 Å². The van der Waals surface area contributed by atoms with Gasteiger partial charge >= 0.3 is 0 Å². The maximum absolute atomic E-state index is 10.8. The Morgan fingerprint density at radius 1 is 1.35 bits per heavy atom. The quantitative estimate of drug-likeness (QED) is 0.892. The Bertz CT molecular complexity index is 415. The summed E-state index contributed by atoms with van der Waals surface area (Å²) in [6.07, 6.45) is 3.59. The second-order valence-electron chi connectivity index (χ2n) is 5.88. The van der Waals surface area contributed by atoms with Crippen molar-refractivity contribution in [1.29, 1.82) is 0 Å². The Morgan fingerprint density at radius 2 is 2.05 bits per heavy atom. The van der Waals surface area contributed by atoms with E-state index < -0.39 is 11.7 Å². The molecule has 3 atom stereocenters.